The molecule has 0 aliphatic rings. The smallest absolute Gasteiger partial charge is 0.200 e. The van der Waals surface area contributed by atoms with Crippen molar-refractivity contribution in [3.63, 3.8) is 0 Å². The second-order valence-electron chi connectivity index (χ2n) is 4.10. The molecule has 0 bridgehead atoms. The van der Waals surface area contributed by atoms with E-state index in [4.69, 9.17) is 0 Å². The molecule has 0 spiro atoms. The summed E-state index contributed by atoms with van der Waals surface area (Å²) in [6.07, 6.45) is -1.44. The molecular weight excluding hydrogens is 291 g/mol. The van der Waals surface area contributed by atoms with Crippen molar-refractivity contribution in [2.75, 3.05) is 12.0 Å². The summed E-state index contributed by atoms with van der Waals surface area (Å²) in [5.41, 5.74) is -1.40. The van der Waals surface area contributed by atoms with Crippen molar-refractivity contribution in [1.29, 1.82) is 0 Å². The van der Waals surface area contributed by atoms with Crippen LogP contribution in [-0.2, 0) is 0 Å². The number of nitrogens with one attached hydrogen (secondary N) is 1. The first-order chi connectivity index (χ1) is 9.40. The zero-order valence-corrected chi connectivity index (χ0v) is 10.3. The van der Waals surface area contributed by atoms with Gasteiger partial charge in [-0.1, -0.05) is 6.42 Å². The molecule has 1 aromatic rings. The molecule has 8 heteroatoms. The van der Waals surface area contributed by atoms with Crippen molar-refractivity contribution in [3.8, 4) is 0 Å². The Bertz CT molecular complexity index is 435. The third-order valence-electron chi connectivity index (χ3n) is 2.60. The van der Waals surface area contributed by atoms with Crippen LogP contribution in [0.25, 0.3) is 0 Å². The maximum Gasteiger partial charge on any atom is 0.200 e. The molecule has 0 aliphatic carbocycles. The minimum atomic E-state index is -2.30. The van der Waals surface area contributed by atoms with Crippen molar-refractivity contribution in [1.82, 2.24) is 0 Å². The Morgan fingerprint density at radius 1 is 0.750 bits per heavy atom. The molecule has 114 valence electrons. The van der Waals surface area contributed by atoms with E-state index in [-0.39, 0.29) is 19.3 Å². The summed E-state index contributed by atoms with van der Waals surface area (Å²) in [5, 5.41) is 1.61. The monoisotopic (exact) mass is 303 g/mol. The molecule has 1 N–H and O–H groups in total. The normalized spacial score (nSPS) is 12.6. The molecule has 0 aliphatic heterocycles. The topological polar surface area (TPSA) is 12.0 Å². The summed E-state index contributed by atoms with van der Waals surface area (Å²) in [6, 6.07) is 0. The quantitative estimate of drug-likeness (QED) is 0.255. The van der Waals surface area contributed by atoms with Crippen molar-refractivity contribution in [3.05, 3.63) is 29.1 Å². The molecule has 0 fully saturated rings. The van der Waals surface area contributed by atoms with Crippen LogP contribution in [0.2, 0.25) is 0 Å². The van der Waals surface area contributed by atoms with Gasteiger partial charge in [-0.25, -0.2) is 26.3 Å². The Labute approximate surface area is 110 Å². The maximum absolute atomic E-state index is 13.4. The number of unbranched alkanes of at least 4 members (excludes halogenated alkanes) is 2. The molecule has 0 saturated carbocycles. The summed E-state index contributed by atoms with van der Waals surface area (Å²) in [6.45, 7) is -0.567. The molecule has 0 amide bonds. The molecule has 20 heavy (non-hydrogen) atoms. The summed E-state index contributed by atoms with van der Waals surface area (Å²) in [7, 11) is 0. The highest BCUT2D eigenvalue weighted by atomic mass is 19.2. The summed E-state index contributed by atoms with van der Waals surface area (Å²) in [5.74, 6) is -10.8. The lowest BCUT2D eigenvalue weighted by Crippen LogP contribution is -2.18. The van der Waals surface area contributed by atoms with Gasteiger partial charge in [0.05, 0.1) is 6.67 Å². The molecular formula is C12H12F7N. The van der Waals surface area contributed by atoms with E-state index in [1.165, 1.54) is 0 Å². The van der Waals surface area contributed by atoms with Crippen LogP contribution in [0.3, 0.4) is 0 Å². The highest BCUT2D eigenvalue weighted by molar-refractivity contribution is 5.48. The SMILES string of the molecule is FCCCCCC(F)Nc1c(F)c(F)c(F)c(F)c1F. The van der Waals surface area contributed by atoms with Gasteiger partial charge in [-0.05, 0) is 19.3 Å². The molecule has 0 heterocycles. The number of benzene rings is 1. The molecule has 1 aromatic carbocycles. The van der Waals surface area contributed by atoms with Gasteiger partial charge in [0.2, 0.25) is 5.82 Å². The molecule has 1 rings (SSSR count). The van der Waals surface area contributed by atoms with Crippen LogP contribution in [-0.4, -0.2) is 13.0 Å². The molecule has 1 nitrogen and oxygen atoms in total. The highest BCUT2D eigenvalue weighted by Gasteiger charge is 2.26. The standard InChI is InChI=1S/C12H12F7N/c13-5-3-1-2-4-6(14)20-12-10(18)8(16)7(15)9(17)11(12)19/h6,20H,1-5H2. The van der Waals surface area contributed by atoms with Gasteiger partial charge in [-0.15, -0.1) is 0 Å². The van der Waals surface area contributed by atoms with E-state index in [2.05, 4.69) is 0 Å². The van der Waals surface area contributed by atoms with Crippen molar-refractivity contribution in [2.45, 2.75) is 32.0 Å². The van der Waals surface area contributed by atoms with Crippen LogP contribution < -0.4 is 5.32 Å². The largest absolute Gasteiger partial charge is 0.351 e. The van der Waals surface area contributed by atoms with Crippen LogP contribution in [0.1, 0.15) is 25.7 Å². The molecule has 1 atom stereocenters. The minimum absolute atomic E-state index is 0.216. The van der Waals surface area contributed by atoms with E-state index >= 15 is 0 Å². The average Bonchev–Trinajstić information content (AvgIpc) is 2.44. The Morgan fingerprint density at radius 2 is 1.25 bits per heavy atom. The van der Waals surface area contributed by atoms with E-state index in [0.29, 0.717) is 6.42 Å². The Kier molecular flexibility index (Phi) is 6.09. The summed E-state index contributed by atoms with van der Waals surface area (Å²) >= 11 is 0. The first kappa shape index (κ1) is 16.6. The zero-order valence-electron chi connectivity index (χ0n) is 10.3. The summed E-state index contributed by atoms with van der Waals surface area (Å²) < 4.78 is 90.0. The van der Waals surface area contributed by atoms with Crippen molar-refractivity contribution >= 4 is 5.69 Å². The first-order valence-corrected chi connectivity index (χ1v) is 5.88. The van der Waals surface area contributed by atoms with Crippen LogP contribution in [0.15, 0.2) is 0 Å². The van der Waals surface area contributed by atoms with Crippen molar-refractivity contribution < 1.29 is 30.7 Å². The fourth-order valence-corrected chi connectivity index (χ4v) is 1.56. The van der Waals surface area contributed by atoms with Crippen molar-refractivity contribution in [2.24, 2.45) is 0 Å². The Balaban J connectivity index is 2.77. The fraction of sp³-hybridized carbons (Fsp3) is 0.500. The Morgan fingerprint density at radius 3 is 1.75 bits per heavy atom. The number of hydrogen-bond acceptors (Lipinski definition) is 1. The van der Waals surface area contributed by atoms with Gasteiger partial charge in [0.1, 0.15) is 5.69 Å². The Hall–Kier alpha value is -1.47. The maximum atomic E-state index is 13.4. The number of hydrogen-bond donors (Lipinski definition) is 1. The predicted molar refractivity (Wildman–Crippen MR) is 59.2 cm³/mol. The van der Waals surface area contributed by atoms with Gasteiger partial charge in [0.15, 0.2) is 29.6 Å². The van der Waals surface area contributed by atoms with Crippen LogP contribution in [0.5, 0.6) is 0 Å². The van der Waals surface area contributed by atoms with E-state index in [9.17, 15) is 30.7 Å². The van der Waals surface area contributed by atoms with Crippen LogP contribution in [0.4, 0.5) is 36.4 Å². The molecule has 0 radical (unpaired) electrons. The number of anilines is 1. The second-order valence-corrected chi connectivity index (χ2v) is 4.10. The second kappa shape index (κ2) is 7.35. The van der Waals surface area contributed by atoms with E-state index in [0.717, 1.165) is 0 Å². The molecule has 0 saturated heterocycles. The number of alkyl halides is 2. The van der Waals surface area contributed by atoms with Gasteiger partial charge in [-0.3, -0.25) is 4.39 Å². The minimum Gasteiger partial charge on any atom is -0.351 e. The van der Waals surface area contributed by atoms with Gasteiger partial charge in [0.25, 0.3) is 0 Å². The first-order valence-electron chi connectivity index (χ1n) is 5.88. The molecule has 0 aromatic heterocycles. The number of rotatable bonds is 7. The van der Waals surface area contributed by atoms with Gasteiger partial charge in [-0.2, -0.15) is 0 Å². The van der Waals surface area contributed by atoms with E-state index in [1.807, 2.05) is 0 Å². The predicted octanol–water partition coefficient (Wildman–Crippen LogP) is 4.62. The lowest BCUT2D eigenvalue weighted by molar-refractivity contribution is 0.328. The van der Waals surface area contributed by atoms with Crippen LogP contribution >= 0.6 is 0 Å². The van der Waals surface area contributed by atoms with Gasteiger partial charge in [0, 0.05) is 0 Å². The van der Waals surface area contributed by atoms with E-state index < -0.39 is 47.7 Å². The average molecular weight is 303 g/mol. The number of halogens is 7. The fourth-order valence-electron chi connectivity index (χ4n) is 1.56. The lowest BCUT2D eigenvalue weighted by Gasteiger charge is -2.14. The molecule has 1 unspecified atom stereocenters. The van der Waals surface area contributed by atoms with Gasteiger partial charge < -0.3 is 5.32 Å². The van der Waals surface area contributed by atoms with Crippen LogP contribution in [0, 0.1) is 29.1 Å². The third kappa shape index (κ3) is 3.77. The lowest BCUT2D eigenvalue weighted by atomic mass is 10.2. The zero-order chi connectivity index (χ0) is 15.3. The van der Waals surface area contributed by atoms with Gasteiger partial charge >= 0.3 is 0 Å². The summed E-state index contributed by atoms with van der Waals surface area (Å²) in [4.78, 5) is 0. The third-order valence-corrected chi connectivity index (χ3v) is 2.60. The van der Waals surface area contributed by atoms with E-state index in [1.54, 1.807) is 5.32 Å². The highest BCUT2D eigenvalue weighted by Crippen LogP contribution is 2.28.